The molecule has 74 valence electrons. The lowest BCUT2D eigenvalue weighted by Crippen LogP contribution is -2.49. The summed E-state index contributed by atoms with van der Waals surface area (Å²) in [4.78, 5) is 2.36. The van der Waals surface area contributed by atoms with Crippen molar-refractivity contribution in [2.45, 2.75) is 65.7 Å². The van der Waals surface area contributed by atoms with E-state index in [0.29, 0.717) is 12.1 Å². The molecule has 1 atom stereocenters. The van der Waals surface area contributed by atoms with E-state index in [1.54, 1.807) is 0 Å². The summed E-state index contributed by atoms with van der Waals surface area (Å²) >= 11 is 0. The molecule has 0 saturated heterocycles. The van der Waals surface area contributed by atoms with Gasteiger partial charge in [0.2, 0.25) is 0 Å². The van der Waals surface area contributed by atoms with Crippen LogP contribution in [0.15, 0.2) is 0 Å². The van der Waals surface area contributed by atoms with Gasteiger partial charge < -0.3 is 5.73 Å². The van der Waals surface area contributed by atoms with E-state index in [9.17, 15) is 0 Å². The zero-order valence-corrected chi connectivity index (χ0v) is 9.17. The highest BCUT2D eigenvalue weighted by molar-refractivity contribution is 4.72. The third-order valence-electron chi connectivity index (χ3n) is 2.16. The van der Waals surface area contributed by atoms with Crippen LogP contribution in [0.2, 0.25) is 0 Å². The number of nitrogens with two attached hydrogens (primary N) is 1. The maximum absolute atomic E-state index is 6.06. The van der Waals surface area contributed by atoms with Crippen molar-refractivity contribution in [1.82, 2.24) is 4.90 Å². The van der Waals surface area contributed by atoms with Crippen LogP contribution < -0.4 is 5.73 Å². The first-order valence-corrected chi connectivity index (χ1v) is 5.03. The molecule has 2 heteroatoms. The zero-order valence-electron chi connectivity index (χ0n) is 9.17. The van der Waals surface area contributed by atoms with Gasteiger partial charge in [0.1, 0.15) is 0 Å². The van der Waals surface area contributed by atoms with Crippen molar-refractivity contribution in [3.8, 4) is 0 Å². The Morgan fingerprint density at radius 3 is 1.75 bits per heavy atom. The summed E-state index contributed by atoms with van der Waals surface area (Å²) in [7, 11) is 0. The Kier molecular flexibility index (Phi) is 5.51. The lowest BCUT2D eigenvalue weighted by molar-refractivity contribution is 0.109. The van der Waals surface area contributed by atoms with Gasteiger partial charge in [-0.3, -0.25) is 4.90 Å². The Morgan fingerprint density at radius 1 is 1.08 bits per heavy atom. The third-order valence-corrected chi connectivity index (χ3v) is 2.16. The third kappa shape index (κ3) is 3.55. The summed E-state index contributed by atoms with van der Waals surface area (Å²) in [5.41, 5.74) is 6.06. The highest BCUT2D eigenvalue weighted by Gasteiger charge is 2.19. The first-order valence-electron chi connectivity index (χ1n) is 5.03. The van der Waals surface area contributed by atoms with Crippen LogP contribution in [0.3, 0.4) is 0 Å². The quantitative estimate of drug-likeness (QED) is 0.644. The van der Waals surface area contributed by atoms with Gasteiger partial charge in [0, 0.05) is 12.1 Å². The van der Waals surface area contributed by atoms with Crippen LogP contribution in [0.4, 0.5) is 0 Å². The predicted molar refractivity (Wildman–Crippen MR) is 55.0 cm³/mol. The van der Waals surface area contributed by atoms with Crippen LogP contribution in [0, 0.1) is 0 Å². The molecule has 0 aromatic carbocycles. The number of nitrogens with zero attached hydrogens (tertiary/aromatic N) is 1. The molecule has 0 fully saturated rings. The van der Waals surface area contributed by atoms with Crippen LogP contribution in [-0.4, -0.2) is 23.1 Å². The van der Waals surface area contributed by atoms with Crippen molar-refractivity contribution in [2.75, 3.05) is 0 Å². The fraction of sp³-hybridized carbons (Fsp3) is 1.00. The highest BCUT2D eigenvalue weighted by Crippen LogP contribution is 2.10. The molecule has 0 aliphatic carbocycles. The first kappa shape index (κ1) is 11.9. The second-order valence-corrected chi connectivity index (χ2v) is 3.99. The van der Waals surface area contributed by atoms with E-state index in [0.717, 1.165) is 12.8 Å². The molecular formula is C10H24N2. The molecule has 0 aromatic heterocycles. The van der Waals surface area contributed by atoms with Crippen LogP contribution >= 0.6 is 0 Å². The van der Waals surface area contributed by atoms with Gasteiger partial charge in [-0.2, -0.15) is 0 Å². The SMILES string of the molecule is CCCC(N)N(C(C)C)C(C)C. The fourth-order valence-corrected chi connectivity index (χ4v) is 1.81. The summed E-state index contributed by atoms with van der Waals surface area (Å²) in [5.74, 6) is 0. The maximum atomic E-state index is 6.06. The Labute approximate surface area is 77.1 Å². The van der Waals surface area contributed by atoms with Gasteiger partial charge in [-0.05, 0) is 34.1 Å². The Hall–Kier alpha value is -0.0800. The normalized spacial score (nSPS) is 14.8. The van der Waals surface area contributed by atoms with Gasteiger partial charge >= 0.3 is 0 Å². The highest BCUT2D eigenvalue weighted by atomic mass is 15.3. The van der Waals surface area contributed by atoms with Crippen LogP contribution in [0.25, 0.3) is 0 Å². The Bertz CT molecular complexity index is 102. The molecular weight excluding hydrogens is 148 g/mol. The fourth-order valence-electron chi connectivity index (χ4n) is 1.81. The minimum absolute atomic E-state index is 0.231. The van der Waals surface area contributed by atoms with E-state index in [2.05, 4.69) is 39.5 Å². The number of hydrogen-bond donors (Lipinski definition) is 1. The van der Waals surface area contributed by atoms with Gasteiger partial charge in [-0.1, -0.05) is 13.3 Å². The van der Waals surface area contributed by atoms with E-state index >= 15 is 0 Å². The monoisotopic (exact) mass is 172 g/mol. The smallest absolute Gasteiger partial charge is 0.0576 e. The van der Waals surface area contributed by atoms with Gasteiger partial charge in [0.25, 0.3) is 0 Å². The standard InChI is InChI=1S/C10H24N2/c1-6-7-10(11)12(8(2)3)9(4)5/h8-10H,6-7,11H2,1-5H3. The lowest BCUT2D eigenvalue weighted by atomic mass is 10.1. The van der Waals surface area contributed by atoms with Gasteiger partial charge in [-0.15, -0.1) is 0 Å². The minimum Gasteiger partial charge on any atom is -0.316 e. The topological polar surface area (TPSA) is 29.3 Å². The number of rotatable bonds is 5. The van der Waals surface area contributed by atoms with E-state index in [1.165, 1.54) is 0 Å². The second-order valence-electron chi connectivity index (χ2n) is 3.99. The van der Waals surface area contributed by atoms with E-state index in [-0.39, 0.29) is 6.17 Å². The molecule has 0 heterocycles. The van der Waals surface area contributed by atoms with E-state index in [1.807, 2.05) is 0 Å². The average Bonchev–Trinajstić information content (AvgIpc) is 1.85. The van der Waals surface area contributed by atoms with E-state index < -0.39 is 0 Å². The predicted octanol–water partition coefficient (Wildman–Crippen LogP) is 2.19. The van der Waals surface area contributed by atoms with Gasteiger partial charge in [0.05, 0.1) is 6.17 Å². The van der Waals surface area contributed by atoms with Crippen molar-refractivity contribution in [2.24, 2.45) is 5.73 Å². The molecule has 0 aromatic rings. The second kappa shape index (κ2) is 5.55. The molecule has 0 aliphatic heterocycles. The van der Waals surface area contributed by atoms with Crippen LogP contribution in [0.5, 0.6) is 0 Å². The number of hydrogen-bond acceptors (Lipinski definition) is 2. The van der Waals surface area contributed by atoms with Crippen LogP contribution in [-0.2, 0) is 0 Å². The first-order chi connectivity index (χ1) is 5.50. The van der Waals surface area contributed by atoms with Crippen LogP contribution in [0.1, 0.15) is 47.5 Å². The molecule has 1 unspecified atom stereocenters. The summed E-state index contributed by atoms with van der Waals surface area (Å²) in [6.07, 6.45) is 2.49. The molecule has 2 N–H and O–H groups in total. The molecule has 0 radical (unpaired) electrons. The van der Waals surface area contributed by atoms with Crippen molar-refractivity contribution < 1.29 is 0 Å². The Balaban J connectivity index is 4.09. The molecule has 2 nitrogen and oxygen atoms in total. The van der Waals surface area contributed by atoms with Crippen molar-refractivity contribution in [3.05, 3.63) is 0 Å². The molecule has 0 bridgehead atoms. The Morgan fingerprint density at radius 2 is 1.50 bits per heavy atom. The summed E-state index contributed by atoms with van der Waals surface area (Å²) < 4.78 is 0. The maximum Gasteiger partial charge on any atom is 0.0576 e. The van der Waals surface area contributed by atoms with Crippen molar-refractivity contribution in [1.29, 1.82) is 0 Å². The van der Waals surface area contributed by atoms with Crippen molar-refractivity contribution in [3.63, 3.8) is 0 Å². The minimum atomic E-state index is 0.231. The summed E-state index contributed by atoms with van der Waals surface area (Å²) in [5, 5.41) is 0. The largest absolute Gasteiger partial charge is 0.316 e. The van der Waals surface area contributed by atoms with E-state index in [4.69, 9.17) is 5.73 Å². The molecule has 0 aliphatic rings. The zero-order chi connectivity index (χ0) is 9.72. The summed E-state index contributed by atoms with van der Waals surface area (Å²) in [6, 6.07) is 1.10. The molecule has 0 rings (SSSR count). The molecule has 0 saturated carbocycles. The van der Waals surface area contributed by atoms with Gasteiger partial charge in [-0.25, -0.2) is 0 Å². The van der Waals surface area contributed by atoms with Gasteiger partial charge in [0.15, 0.2) is 0 Å². The van der Waals surface area contributed by atoms with Crippen molar-refractivity contribution >= 4 is 0 Å². The average molecular weight is 172 g/mol. The molecule has 0 amide bonds. The molecule has 0 spiro atoms. The summed E-state index contributed by atoms with van der Waals surface area (Å²) in [6.45, 7) is 11.0. The lowest BCUT2D eigenvalue weighted by Gasteiger charge is -2.35. The molecule has 12 heavy (non-hydrogen) atoms.